The van der Waals surface area contributed by atoms with Crippen LogP contribution in [0.2, 0.25) is 0 Å². The molecule has 0 aliphatic carbocycles. The molecule has 78 valence electrons. The van der Waals surface area contributed by atoms with E-state index in [4.69, 9.17) is 41.6 Å². The Labute approximate surface area is 97.4 Å². The molecule has 6 heteroatoms. The molecule has 4 nitrogen and oxygen atoms in total. The minimum absolute atomic E-state index is 0.0483. The topological polar surface area (TPSA) is 95.1 Å². The molecule has 1 aromatic carbocycles. The Bertz CT molecular complexity index is 424. The molecule has 0 radical (unpaired) electrons. The first-order valence-electron chi connectivity index (χ1n) is 3.97. The van der Waals surface area contributed by atoms with Crippen molar-refractivity contribution >= 4 is 40.3 Å². The number of rotatable bonds is 3. The number of hydrogen-bond acceptors (Lipinski definition) is 3. The van der Waals surface area contributed by atoms with E-state index in [0.717, 1.165) is 0 Å². The summed E-state index contributed by atoms with van der Waals surface area (Å²) in [6.07, 6.45) is 0. The molecule has 6 N–H and O–H groups in total. The summed E-state index contributed by atoms with van der Waals surface area (Å²) in [7, 11) is 0. The van der Waals surface area contributed by atoms with Crippen LogP contribution in [0.3, 0.4) is 0 Å². The van der Waals surface area contributed by atoms with Gasteiger partial charge in [0.1, 0.15) is 9.98 Å². The Morgan fingerprint density at radius 3 is 1.93 bits per heavy atom. The van der Waals surface area contributed by atoms with Crippen LogP contribution in [-0.2, 0) is 0 Å². The quantitative estimate of drug-likeness (QED) is 0.648. The number of hydrogen-bond donors (Lipinski definition) is 3. The highest BCUT2D eigenvalue weighted by atomic mass is 32.1. The van der Waals surface area contributed by atoms with Gasteiger partial charge in [0, 0.05) is 16.7 Å². The van der Waals surface area contributed by atoms with Gasteiger partial charge in [-0.1, -0.05) is 36.6 Å². The molecule has 0 unspecified atom stereocenters. The van der Waals surface area contributed by atoms with Crippen LogP contribution in [0.25, 0.3) is 0 Å². The zero-order valence-electron chi connectivity index (χ0n) is 7.69. The lowest BCUT2D eigenvalue weighted by molar-refractivity contribution is 0.1000. The number of benzene rings is 1. The number of amides is 1. The molecule has 0 aliphatic rings. The summed E-state index contributed by atoms with van der Waals surface area (Å²) < 4.78 is 0. The van der Waals surface area contributed by atoms with E-state index in [2.05, 4.69) is 0 Å². The van der Waals surface area contributed by atoms with Crippen molar-refractivity contribution in [1.29, 1.82) is 0 Å². The van der Waals surface area contributed by atoms with Crippen molar-refractivity contribution in [3.63, 3.8) is 0 Å². The Morgan fingerprint density at radius 2 is 1.53 bits per heavy atom. The van der Waals surface area contributed by atoms with Gasteiger partial charge < -0.3 is 17.2 Å². The van der Waals surface area contributed by atoms with Crippen molar-refractivity contribution in [2.24, 2.45) is 17.2 Å². The molecule has 0 fully saturated rings. The van der Waals surface area contributed by atoms with E-state index < -0.39 is 5.91 Å². The molecule has 0 aliphatic heterocycles. The Balaban J connectivity index is 3.56. The zero-order valence-corrected chi connectivity index (χ0v) is 9.32. The van der Waals surface area contributed by atoms with Crippen LogP contribution in [0.15, 0.2) is 18.2 Å². The first-order chi connectivity index (χ1) is 6.95. The normalized spacial score (nSPS) is 9.60. The van der Waals surface area contributed by atoms with Crippen LogP contribution < -0.4 is 17.2 Å². The third-order valence-corrected chi connectivity index (χ3v) is 2.27. The van der Waals surface area contributed by atoms with E-state index in [1.54, 1.807) is 12.1 Å². The van der Waals surface area contributed by atoms with E-state index >= 15 is 0 Å². The number of carbonyl (C=O) groups excluding carboxylic acids is 1. The molecular weight excluding hydrogens is 230 g/mol. The van der Waals surface area contributed by atoms with E-state index in [1.165, 1.54) is 6.07 Å². The van der Waals surface area contributed by atoms with Crippen LogP contribution in [0.1, 0.15) is 21.5 Å². The zero-order chi connectivity index (χ0) is 11.6. The molecule has 0 spiro atoms. The Kier molecular flexibility index (Phi) is 3.33. The number of nitrogens with two attached hydrogens (primary N) is 3. The van der Waals surface area contributed by atoms with Crippen molar-refractivity contribution in [3.8, 4) is 0 Å². The van der Waals surface area contributed by atoms with Crippen LogP contribution >= 0.6 is 24.4 Å². The average molecular weight is 239 g/mol. The highest BCUT2D eigenvalue weighted by Gasteiger charge is 2.15. The second kappa shape index (κ2) is 4.33. The second-order valence-electron chi connectivity index (χ2n) is 2.82. The minimum atomic E-state index is -0.615. The molecule has 0 saturated heterocycles. The standard InChI is InChI=1S/C9H9N3OS2/c10-7(13)4-2-1-3-5(8(11)14)6(4)9(12)15/h1-3H,(H2,10,13)(H2,11,14)(H2,12,15). The highest BCUT2D eigenvalue weighted by Crippen LogP contribution is 2.14. The van der Waals surface area contributed by atoms with Gasteiger partial charge >= 0.3 is 0 Å². The van der Waals surface area contributed by atoms with Crippen molar-refractivity contribution in [2.75, 3.05) is 0 Å². The molecule has 0 atom stereocenters. The summed E-state index contributed by atoms with van der Waals surface area (Å²) in [5.41, 5.74) is 17.2. The van der Waals surface area contributed by atoms with Crippen LogP contribution in [0, 0.1) is 0 Å². The predicted octanol–water partition coefficient (Wildman–Crippen LogP) is 0.0539. The third-order valence-electron chi connectivity index (χ3n) is 1.84. The molecule has 0 bridgehead atoms. The summed E-state index contributed by atoms with van der Waals surface area (Å²) >= 11 is 9.66. The van der Waals surface area contributed by atoms with Crippen LogP contribution in [0.4, 0.5) is 0 Å². The Morgan fingerprint density at radius 1 is 1.00 bits per heavy atom. The van der Waals surface area contributed by atoms with Gasteiger partial charge in [0.2, 0.25) is 5.91 Å². The van der Waals surface area contributed by atoms with Crippen LogP contribution in [0.5, 0.6) is 0 Å². The molecule has 0 saturated carbocycles. The molecule has 1 aromatic rings. The lowest BCUT2D eigenvalue weighted by atomic mass is 10.0. The van der Waals surface area contributed by atoms with E-state index in [9.17, 15) is 4.79 Å². The number of primary amides is 1. The van der Waals surface area contributed by atoms with Crippen molar-refractivity contribution < 1.29 is 4.79 Å². The molecule has 0 aromatic heterocycles. The summed E-state index contributed by atoms with van der Waals surface area (Å²) in [5, 5.41) is 0. The summed E-state index contributed by atoms with van der Waals surface area (Å²) in [4.78, 5) is 11.3. The van der Waals surface area contributed by atoms with Gasteiger partial charge in [-0.25, -0.2) is 0 Å². The maximum atomic E-state index is 11.1. The fourth-order valence-corrected chi connectivity index (χ4v) is 1.62. The third kappa shape index (κ3) is 2.28. The van der Waals surface area contributed by atoms with Crippen molar-refractivity contribution in [3.05, 3.63) is 34.9 Å². The average Bonchev–Trinajstić information content (AvgIpc) is 2.16. The van der Waals surface area contributed by atoms with E-state index in [0.29, 0.717) is 11.1 Å². The lowest BCUT2D eigenvalue weighted by Gasteiger charge is -2.10. The number of thiocarbonyl (C=S) groups is 2. The molecule has 15 heavy (non-hydrogen) atoms. The van der Waals surface area contributed by atoms with Gasteiger partial charge in [-0.2, -0.15) is 0 Å². The summed E-state index contributed by atoms with van der Waals surface area (Å²) in [6, 6.07) is 4.79. The summed E-state index contributed by atoms with van der Waals surface area (Å²) in [6.45, 7) is 0. The van der Waals surface area contributed by atoms with Gasteiger partial charge in [-0.05, 0) is 6.07 Å². The maximum absolute atomic E-state index is 11.1. The first-order valence-corrected chi connectivity index (χ1v) is 4.79. The fraction of sp³-hybridized carbons (Fsp3) is 0. The smallest absolute Gasteiger partial charge is 0.249 e. The van der Waals surface area contributed by atoms with Gasteiger partial charge in [-0.15, -0.1) is 0 Å². The highest BCUT2D eigenvalue weighted by molar-refractivity contribution is 7.81. The molecular formula is C9H9N3OS2. The van der Waals surface area contributed by atoms with Gasteiger partial charge in [0.05, 0.1) is 0 Å². The van der Waals surface area contributed by atoms with Crippen molar-refractivity contribution in [1.82, 2.24) is 0 Å². The fourth-order valence-electron chi connectivity index (χ4n) is 1.23. The molecule has 1 amide bonds. The Hall–Kier alpha value is -1.53. The van der Waals surface area contributed by atoms with E-state index in [1.807, 2.05) is 0 Å². The van der Waals surface area contributed by atoms with Crippen molar-refractivity contribution in [2.45, 2.75) is 0 Å². The predicted molar refractivity (Wildman–Crippen MR) is 66.7 cm³/mol. The number of carbonyl (C=O) groups is 1. The van der Waals surface area contributed by atoms with Gasteiger partial charge in [0.25, 0.3) is 0 Å². The molecule has 1 rings (SSSR count). The summed E-state index contributed by atoms with van der Waals surface area (Å²) in [5.74, 6) is -0.615. The monoisotopic (exact) mass is 239 g/mol. The lowest BCUT2D eigenvalue weighted by Crippen LogP contribution is -2.24. The maximum Gasteiger partial charge on any atom is 0.249 e. The largest absolute Gasteiger partial charge is 0.389 e. The minimum Gasteiger partial charge on any atom is -0.389 e. The second-order valence-corrected chi connectivity index (χ2v) is 3.70. The van der Waals surface area contributed by atoms with Crippen LogP contribution in [-0.4, -0.2) is 15.9 Å². The first kappa shape index (κ1) is 11.5. The SMILES string of the molecule is NC(=O)c1cccc(C(N)=S)c1C(N)=S. The molecule has 0 heterocycles. The van der Waals surface area contributed by atoms with E-state index in [-0.39, 0.29) is 15.5 Å². The van der Waals surface area contributed by atoms with Gasteiger partial charge in [-0.3, -0.25) is 4.79 Å². The van der Waals surface area contributed by atoms with Gasteiger partial charge in [0.15, 0.2) is 0 Å².